The van der Waals surface area contributed by atoms with E-state index >= 15 is 0 Å². The molecular formula is C20H25N5O2. The Morgan fingerprint density at radius 3 is 2.33 bits per heavy atom. The molecule has 7 nitrogen and oxygen atoms in total. The first kappa shape index (κ1) is 18.8. The molecule has 1 aliphatic rings. The van der Waals surface area contributed by atoms with Gasteiger partial charge in [-0.1, -0.05) is 0 Å². The van der Waals surface area contributed by atoms with E-state index in [2.05, 4.69) is 22.2 Å². The summed E-state index contributed by atoms with van der Waals surface area (Å²) in [5.41, 5.74) is 1.77. The fourth-order valence-electron chi connectivity index (χ4n) is 3.02. The number of aromatic nitrogens is 1. The van der Waals surface area contributed by atoms with Crippen LogP contribution in [0.25, 0.3) is 0 Å². The molecule has 3 rings (SSSR count). The van der Waals surface area contributed by atoms with Crippen LogP contribution in [0.2, 0.25) is 0 Å². The first-order chi connectivity index (χ1) is 13.0. The molecule has 1 saturated heterocycles. The van der Waals surface area contributed by atoms with E-state index in [0.29, 0.717) is 22.6 Å². The Morgan fingerprint density at radius 1 is 1.04 bits per heavy atom. The number of anilines is 2. The summed E-state index contributed by atoms with van der Waals surface area (Å²) >= 11 is 0. The maximum atomic E-state index is 12.6. The summed E-state index contributed by atoms with van der Waals surface area (Å²) in [5.74, 6) is 0.407. The van der Waals surface area contributed by atoms with Crippen LogP contribution in [0, 0.1) is 0 Å². The van der Waals surface area contributed by atoms with Crippen molar-refractivity contribution in [2.24, 2.45) is 0 Å². The molecule has 0 atom stereocenters. The smallest absolute Gasteiger partial charge is 0.259 e. The van der Waals surface area contributed by atoms with Gasteiger partial charge in [-0.2, -0.15) is 0 Å². The van der Waals surface area contributed by atoms with Crippen molar-refractivity contribution in [1.29, 1.82) is 0 Å². The highest BCUT2D eigenvalue weighted by Crippen LogP contribution is 2.18. The molecule has 1 aromatic heterocycles. The monoisotopic (exact) mass is 367 g/mol. The lowest BCUT2D eigenvalue weighted by Crippen LogP contribution is -2.47. The average Bonchev–Trinajstić information content (AvgIpc) is 2.68. The van der Waals surface area contributed by atoms with Gasteiger partial charge in [0, 0.05) is 57.7 Å². The number of nitrogens with zero attached hydrogens (tertiary/aromatic N) is 4. The van der Waals surface area contributed by atoms with Gasteiger partial charge in [0.2, 0.25) is 0 Å². The molecule has 2 heterocycles. The lowest BCUT2D eigenvalue weighted by molar-refractivity contribution is 0.0664. The van der Waals surface area contributed by atoms with Crippen LogP contribution < -0.4 is 10.2 Å². The van der Waals surface area contributed by atoms with Crippen LogP contribution in [0.1, 0.15) is 20.7 Å². The third-order valence-electron chi connectivity index (χ3n) is 4.64. The standard InChI is InChI=1S/C20H25N5O2/c1-23(2)18-17(5-4-10-21-18)19(26)22-16-8-6-15(7-9-16)20(27)25-13-11-24(3)12-14-25/h4-10H,11-14H2,1-3H3,(H,22,26). The zero-order chi connectivity index (χ0) is 19.4. The lowest BCUT2D eigenvalue weighted by Gasteiger charge is -2.32. The number of hydrogen-bond donors (Lipinski definition) is 1. The molecule has 0 spiro atoms. The second-order valence-corrected chi connectivity index (χ2v) is 6.90. The van der Waals surface area contributed by atoms with Crippen LogP contribution >= 0.6 is 0 Å². The first-order valence-electron chi connectivity index (χ1n) is 8.97. The SMILES string of the molecule is CN1CCN(C(=O)c2ccc(NC(=O)c3cccnc3N(C)C)cc2)CC1. The Kier molecular flexibility index (Phi) is 5.71. The molecule has 0 bridgehead atoms. The Labute approximate surface area is 159 Å². The van der Waals surface area contributed by atoms with Crippen LogP contribution in [-0.4, -0.2) is 73.9 Å². The molecule has 142 valence electrons. The number of amides is 2. The number of nitrogens with one attached hydrogen (secondary N) is 1. The van der Waals surface area contributed by atoms with Gasteiger partial charge < -0.3 is 20.0 Å². The first-order valence-corrected chi connectivity index (χ1v) is 8.97. The van der Waals surface area contributed by atoms with Gasteiger partial charge in [-0.3, -0.25) is 9.59 Å². The van der Waals surface area contributed by atoms with Gasteiger partial charge >= 0.3 is 0 Å². The van der Waals surface area contributed by atoms with E-state index in [0.717, 1.165) is 26.2 Å². The minimum atomic E-state index is -0.232. The van der Waals surface area contributed by atoms with E-state index in [4.69, 9.17) is 0 Å². The van der Waals surface area contributed by atoms with Gasteiger partial charge in [0.05, 0.1) is 5.56 Å². The van der Waals surface area contributed by atoms with Crippen molar-refractivity contribution >= 4 is 23.3 Å². The molecular weight excluding hydrogens is 342 g/mol. The third kappa shape index (κ3) is 4.43. The normalized spacial score (nSPS) is 14.7. The number of benzene rings is 1. The zero-order valence-electron chi connectivity index (χ0n) is 16.0. The molecule has 1 N–H and O–H groups in total. The van der Waals surface area contributed by atoms with Crippen molar-refractivity contribution in [1.82, 2.24) is 14.8 Å². The fourth-order valence-corrected chi connectivity index (χ4v) is 3.02. The van der Waals surface area contributed by atoms with Crippen LogP contribution in [0.4, 0.5) is 11.5 Å². The minimum Gasteiger partial charge on any atom is -0.362 e. The molecule has 0 radical (unpaired) electrons. The summed E-state index contributed by atoms with van der Waals surface area (Å²) in [6, 6.07) is 10.5. The molecule has 0 aliphatic carbocycles. The molecule has 7 heteroatoms. The molecule has 0 unspecified atom stereocenters. The van der Waals surface area contributed by atoms with Crippen molar-refractivity contribution < 1.29 is 9.59 Å². The summed E-state index contributed by atoms with van der Waals surface area (Å²) < 4.78 is 0. The van der Waals surface area contributed by atoms with Crippen molar-refractivity contribution in [3.8, 4) is 0 Å². The maximum Gasteiger partial charge on any atom is 0.259 e. The lowest BCUT2D eigenvalue weighted by atomic mass is 10.1. The quantitative estimate of drug-likeness (QED) is 0.892. The van der Waals surface area contributed by atoms with Crippen molar-refractivity contribution in [2.75, 3.05) is 57.5 Å². The van der Waals surface area contributed by atoms with E-state index in [-0.39, 0.29) is 11.8 Å². The average molecular weight is 367 g/mol. The zero-order valence-corrected chi connectivity index (χ0v) is 16.0. The van der Waals surface area contributed by atoms with Crippen LogP contribution in [0.5, 0.6) is 0 Å². The molecule has 2 aromatic rings. The number of piperazine rings is 1. The number of rotatable bonds is 4. The van der Waals surface area contributed by atoms with E-state index in [1.807, 2.05) is 19.0 Å². The van der Waals surface area contributed by atoms with Crippen molar-refractivity contribution in [3.63, 3.8) is 0 Å². The Morgan fingerprint density at radius 2 is 1.70 bits per heavy atom. The molecule has 1 aromatic carbocycles. The number of pyridine rings is 1. The molecule has 1 fully saturated rings. The highest BCUT2D eigenvalue weighted by Gasteiger charge is 2.20. The summed E-state index contributed by atoms with van der Waals surface area (Å²) in [4.78, 5) is 35.3. The van der Waals surface area contributed by atoms with E-state index in [1.54, 1.807) is 47.5 Å². The maximum absolute atomic E-state index is 12.6. The minimum absolute atomic E-state index is 0.0307. The van der Waals surface area contributed by atoms with E-state index < -0.39 is 0 Å². The van der Waals surface area contributed by atoms with Gasteiger partial charge in [0.1, 0.15) is 5.82 Å². The molecule has 2 amide bonds. The summed E-state index contributed by atoms with van der Waals surface area (Å²) in [6.07, 6.45) is 1.66. The summed E-state index contributed by atoms with van der Waals surface area (Å²) in [5, 5.41) is 2.87. The van der Waals surface area contributed by atoms with Crippen molar-refractivity contribution in [2.45, 2.75) is 0 Å². The number of carbonyl (C=O) groups is 2. The number of carbonyl (C=O) groups excluding carboxylic acids is 2. The van der Waals surface area contributed by atoms with Gasteiger partial charge in [0.25, 0.3) is 11.8 Å². The van der Waals surface area contributed by atoms with E-state index in [1.165, 1.54) is 0 Å². The number of hydrogen-bond acceptors (Lipinski definition) is 5. The van der Waals surface area contributed by atoms with Gasteiger partial charge in [-0.15, -0.1) is 0 Å². The molecule has 27 heavy (non-hydrogen) atoms. The highest BCUT2D eigenvalue weighted by atomic mass is 16.2. The second kappa shape index (κ2) is 8.18. The van der Waals surface area contributed by atoms with Crippen LogP contribution in [0.15, 0.2) is 42.6 Å². The molecule has 1 aliphatic heterocycles. The van der Waals surface area contributed by atoms with Crippen molar-refractivity contribution in [3.05, 3.63) is 53.7 Å². The predicted molar refractivity (Wildman–Crippen MR) is 106 cm³/mol. The van der Waals surface area contributed by atoms with Gasteiger partial charge in [-0.05, 0) is 43.4 Å². The largest absolute Gasteiger partial charge is 0.362 e. The summed E-state index contributed by atoms with van der Waals surface area (Å²) in [7, 11) is 5.75. The predicted octanol–water partition coefficient (Wildman–Crippen LogP) is 1.79. The third-order valence-corrected chi connectivity index (χ3v) is 4.64. The van der Waals surface area contributed by atoms with E-state index in [9.17, 15) is 9.59 Å². The number of likely N-dealkylation sites (N-methyl/N-ethyl adjacent to an activating group) is 1. The second-order valence-electron chi connectivity index (χ2n) is 6.90. The Bertz CT molecular complexity index is 811. The Balaban J connectivity index is 1.67. The Hall–Kier alpha value is -2.93. The van der Waals surface area contributed by atoms with Gasteiger partial charge in [-0.25, -0.2) is 4.98 Å². The van der Waals surface area contributed by atoms with Crippen LogP contribution in [0.3, 0.4) is 0 Å². The summed E-state index contributed by atoms with van der Waals surface area (Å²) in [6.45, 7) is 3.25. The topological polar surface area (TPSA) is 68.8 Å². The van der Waals surface area contributed by atoms with Crippen LogP contribution in [-0.2, 0) is 0 Å². The van der Waals surface area contributed by atoms with Gasteiger partial charge in [0.15, 0.2) is 0 Å². The fraction of sp³-hybridized carbons (Fsp3) is 0.350. The highest BCUT2D eigenvalue weighted by molar-refractivity contribution is 6.07. The molecule has 0 saturated carbocycles.